The number of likely N-dealkylation sites (tertiary alicyclic amines) is 1. The number of carbonyl (C=O) groups excluding carboxylic acids is 1. The van der Waals surface area contributed by atoms with Crippen LogP contribution >= 0.6 is 0 Å². The summed E-state index contributed by atoms with van der Waals surface area (Å²) < 4.78 is 27.2. The van der Waals surface area contributed by atoms with Gasteiger partial charge < -0.3 is 10.0 Å². The Morgan fingerprint density at radius 3 is 2.40 bits per heavy atom. The number of carbonyl (C=O) groups is 1. The number of amides is 1. The standard InChI is InChI=1S/C22H29N3O4S/c1-17(2)15-22(27)10-13-25(14-11-22)21(26)18-6-8-19(9-7-18)24-30(28,29)16-20-5-3-4-12-23-20/h3-9,12,17,24,27H,10-11,13-16H2,1-2H3. The van der Waals surface area contributed by atoms with Crippen molar-refractivity contribution < 1.29 is 18.3 Å². The molecule has 0 atom stereocenters. The van der Waals surface area contributed by atoms with Crippen LogP contribution in [-0.2, 0) is 15.8 Å². The van der Waals surface area contributed by atoms with Crippen LogP contribution in [0.3, 0.4) is 0 Å². The smallest absolute Gasteiger partial charge is 0.253 e. The molecule has 0 radical (unpaired) electrons. The summed E-state index contributed by atoms with van der Waals surface area (Å²) >= 11 is 0. The molecule has 0 unspecified atom stereocenters. The molecule has 3 rings (SSSR count). The third kappa shape index (κ3) is 6.03. The SMILES string of the molecule is CC(C)CC1(O)CCN(C(=O)c2ccc(NS(=O)(=O)Cc3ccccn3)cc2)CC1. The molecule has 30 heavy (non-hydrogen) atoms. The normalized spacial score (nSPS) is 16.5. The Morgan fingerprint density at radius 2 is 1.83 bits per heavy atom. The Balaban J connectivity index is 1.58. The Bertz CT molecular complexity index is 952. The van der Waals surface area contributed by atoms with Crippen molar-refractivity contribution in [2.24, 2.45) is 5.92 Å². The lowest BCUT2D eigenvalue weighted by Crippen LogP contribution is -2.47. The molecule has 1 fully saturated rings. The molecule has 0 aliphatic carbocycles. The fraction of sp³-hybridized carbons (Fsp3) is 0.455. The van der Waals surface area contributed by atoms with Gasteiger partial charge in [0, 0.05) is 30.5 Å². The van der Waals surface area contributed by atoms with E-state index < -0.39 is 15.6 Å². The van der Waals surface area contributed by atoms with E-state index in [1.165, 1.54) is 0 Å². The van der Waals surface area contributed by atoms with Crippen molar-refractivity contribution >= 4 is 21.6 Å². The largest absolute Gasteiger partial charge is 0.390 e. The van der Waals surface area contributed by atoms with Gasteiger partial charge in [-0.3, -0.25) is 14.5 Å². The first-order valence-electron chi connectivity index (χ1n) is 10.2. The summed E-state index contributed by atoms with van der Waals surface area (Å²) in [5, 5.41) is 10.7. The van der Waals surface area contributed by atoms with Crippen LogP contribution in [-0.4, -0.2) is 48.0 Å². The molecule has 2 aromatic rings. The second kappa shape index (κ2) is 9.14. The molecule has 7 nitrogen and oxygen atoms in total. The summed E-state index contributed by atoms with van der Waals surface area (Å²) in [6.45, 7) is 5.20. The zero-order chi connectivity index (χ0) is 21.8. The highest BCUT2D eigenvalue weighted by Crippen LogP contribution is 2.29. The third-order valence-electron chi connectivity index (χ3n) is 5.24. The molecule has 2 heterocycles. The van der Waals surface area contributed by atoms with Gasteiger partial charge in [0.15, 0.2) is 0 Å². The lowest BCUT2D eigenvalue weighted by Gasteiger charge is -2.39. The van der Waals surface area contributed by atoms with E-state index in [0.29, 0.717) is 48.8 Å². The van der Waals surface area contributed by atoms with E-state index >= 15 is 0 Å². The molecule has 162 valence electrons. The zero-order valence-electron chi connectivity index (χ0n) is 17.4. The van der Waals surface area contributed by atoms with Crippen molar-refractivity contribution in [2.75, 3.05) is 17.8 Å². The number of pyridine rings is 1. The molecule has 1 aromatic carbocycles. The van der Waals surface area contributed by atoms with Crippen LogP contribution < -0.4 is 4.72 Å². The van der Waals surface area contributed by atoms with Gasteiger partial charge in [-0.2, -0.15) is 0 Å². The first kappa shape index (κ1) is 22.2. The fourth-order valence-electron chi connectivity index (χ4n) is 3.85. The maximum Gasteiger partial charge on any atom is 0.253 e. The Hall–Kier alpha value is -2.45. The first-order valence-corrected chi connectivity index (χ1v) is 11.8. The van der Waals surface area contributed by atoms with Gasteiger partial charge in [-0.15, -0.1) is 0 Å². The average molecular weight is 432 g/mol. The van der Waals surface area contributed by atoms with E-state index in [1.807, 2.05) is 0 Å². The monoisotopic (exact) mass is 431 g/mol. The molecular weight excluding hydrogens is 402 g/mol. The van der Waals surface area contributed by atoms with Crippen molar-refractivity contribution in [3.8, 4) is 0 Å². The summed E-state index contributed by atoms with van der Waals surface area (Å²) in [5.74, 6) is 0.0810. The average Bonchev–Trinajstić information content (AvgIpc) is 2.68. The highest BCUT2D eigenvalue weighted by Gasteiger charge is 2.34. The summed E-state index contributed by atoms with van der Waals surface area (Å²) in [7, 11) is -3.60. The number of sulfonamides is 1. The summed E-state index contributed by atoms with van der Waals surface area (Å²) in [4.78, 5) is 18.5. The van der Waals surface area contributed by atoms with Crippen LogP contribution in [0.5, 0.6) is 0 Å². The molecule has 8 heteroatoms. The molecule has 1 aliphatic heterocycles. The van der Waals surface area contributed by atoms with E-state index in [2.05, 4.69) is 23.6 Å². The molecule has 1 aromatic heterocycles. The molecule has 2 N–H and O–H groups in total. The minimum Gasteiger partial charge on any atom is -0.390 e. The Morgan fingerprint density at radius 1 is 1.17 bits per heavy atom. The number of benzene rings is 1. The lowest BCUT2D eigenvalue weighted by atomic mass is 9.84. The zero-order valence-corrected chi connectivity index (χ0v) is 18.2. The highest BCUT2D eigenvalue weighted by atomic mass is 32.2. The minimum absolute atomic E-state index is 0.107. The molecule has 1 amide bonds. The fourth-order valence-corrected chi connectivity index (χ4v) is 4.97. The van der Waals surface area contributed by atoms with Crippen LogP contribution in [0.1, 0.15) is 49.2 Å². The van der Waals surface area contributed by atoms with E-state index in [9.17, 15) is 18.3 Å². The van der Waals surface area contributed by atoms with Crippen molar-refractivity contribution in [1.82, 2.24) is 9.88 Å². The van der Waals surface area contributed by atoms with E-state index in [1.54, 1.807) is 53.6 Å². The second-order valence-electron chi connectivity index (χ2n) is 8.37. The van der Waals surface area contributed by atoms with Crippen molar-refractivity contribution in [1.29, 1.82) is 0 Å². The van der Waals surface area contributed by atoms with Crippen LogP contribution in [0.4, 0.5) is 5.69 Å². The lowest BCUT2D eigenvalue weighted by molar-refractivity contribution is -0.0311. The van der Waals surface area contributed by atoms with Crippen molar-refractivity contribution in [3.05, 3.63) is 59.9 Å². The van der Waals surface area contributed by atoms with Gasteiger partial charge in [0.2, 0.25) is 10.0 Å². The predicted molar refractivity (Wildman–Crippen MR) is 116 cm³/mol. The predicted octanol–water partition coefficient (Wildman–Crippen LogP) is 3.04. The second-order valence-corrected chi connectivity index (χ2v) is 10.1. The van der Waals surface area contributed by atoms with Crippen LogP contribution in [0.2, 0.25) is 0 Å². The third-order valence-corrected chi connectivity index (χ3v) is 6.46. The molecule has 0 saturated carbocycles. The van der Waals surface area contributed by atoms with Gasteiger partial charge in [0.05, 0.1) is 11.3 Å². The number of hydrogen-bond acceptors (Lipinski definition) is 5. The van der Waals surface area contributed by atoms with E-state index in [0.717, 1.165) is 6.42 Å². The molecular formula is C22H29N3O4S. The van der Waals surface area contributed by atoms with Gasteiger partial charge in [-0.1, -0.05) is 19.9 Å². The minimum atomic E-state index is -3.60. The first-order chi connectivity index (χ1) is 14.2. The van der Waals surface area contributed by atoms with Gasteiger partial charge in [-0.05, 0) is 61.6 Å². The van der Waals surface area contributed by atoms with E-state index in [4.69, 9.17) is 0 Å². The number of nitrogens with one attached hydrogen (secondary N) is 1. The van der Waals surface area contributed by atoms with Gasteiger partial charge in [0.25, 0.3) is 5.91 Å². The molecule has 1 saturated heterocycles. The molecule has 1 aliphatic rings. The summed E-state index contributed by atoms with van der Waals surface area (Å²) in [6, 6.07) is 11.5. The number of piperidine rings is 1. The quantitative estimate of drug-likeness (QED) is 0.702. The van der Waals surface area contributed by atoms with Gasteiger partial charge in [0.1, 0.15) is 5.75 Å². The number of nitrogens with zero attached hydrogens (tertiary/aromatic N) is 2. The Labute approximate surface area is 178 Å². The maximum atomic E-state index is 12.8. The van der Waals surface area contributed by atoms with Crippen molar-refractivity contribution in [2.45, 2.75) is 44.5 Å². The van der Waals surface area contributed by atoms with Crippen LogP contribution in [0.15, 0.2) is 48.7 Å². The van der Waals surface area contributed by atoms with Crippen LogP contribution in [0, 0.1) is 5.92 Å². The number of hydrogen-bond donors (Lipinski definition) is 2. The molecule has 0 bridgehead atoms. The summed E-state index contributed by atoms with van der Waals surface area (Å²) in [6.07, 6.45) is 3.43. The molecule has 0 spiro atoms. The summed E-state index contributed by atoms with van der Waals surface area (Å²) in [5.41, 5.74) is 0.657. The Kier molecular flexibility index (Phi) is 6.77. The highest BCUT2D eigenvalue weighted by molar-refractivity contribution is 7.91. The van der Waals surface area contributed by atoms with Gasteiger partial charge >= 0.3 is 0 Å². The van der Waals surface area contributed by atoms with Crippen LogP contribution in [0.25, 0.3) is 0 Å². The number of aromatic nitrogens is 1. The number of rotatable bonds is 7. The van der Waals surface area contributed by atoms with E-state index in [-0.39, 0.29) is 11.7 Å². The number of aliphatic hydroxyl groups is 1. The topological polar surface area (TPSA) is 99.6 Å². The number of anilines is 1. The van der Waals surface area contributed by atoms with Crippen molar-refractivity contribution in [3.63, 3.8) is 0 Å². The van der Waals surface area contributed by atoms with Gasteiger partial charge in [-0.25, -0.2) is 8.42 Å². The maximum absolute atomic E-state index is 12.8.